The van der Waals surface area contributed by atoms with E-state index >= 15 is 0 Å². The quantitative estimate of drug-likeness (QED) is 0.757. The Morgan fingerprint density at radius 1 is 1.27 bits per heavy atom. The number of carbonyl (C=O) groups is 1. The van der Waals surface area contributed by atoms with E-state index in [1.807, 2.05) is 13.8 Å². The number of hydrogen-bond donors (Lipinski definition) is 1. The Hall–Kier alpha value is -2.96. The summed E-state index contributed by atoms with van der Waals surface area (Å²) in [5, 5.41) is 6.70. The highest BCUT2D eigenvalue weighted by Gasteiger charge is 2.62. The Bertz CT molecular complexity index is 916. The minimum atomic E-state index is -0.280. The van der Waals surface area contributed by atoms with Crippen LogP contribution in [0.25, 0.3) is 11.7 Å². The maximum absolute atomic E-state index is 13.1. The fourth-order valence-electron chi connectivity index (χ4n) is 3.52. The van der Waals surface area contributed by atoms with Gasteiger partial charge < -0.3 is 14.3 Å². The molecule has 1 aliphatic rings. The zero-order valence-corrected chi connectivity index (χ0v) is 14.4. The monoisotopic (exact) mass is 355 g/mol. The minimum absolute atomic E-state index is 0.0621. The number of rotatable bonds is 5. The lowest BCUT2D eigenvalue weighted by molar-refractivity contribution is -0.123. The van der Waals surface area contributed by atoms with Gasteiger partial charge in [-0.15, -0.1) is 0 Å². The number of nitrogens with zero attached hydrogens (tertiary/aromatic N) is 2. The van der Waals surface area contributed by atoms with Crippen LogP contribution >= 0.6 is 0 Å². The first-order valence-electron chi connectivity index (χ1n) is 8.36. The van der Waals surface area contributed by atoms with Gasteiger partial charge in [-0.2, -0.15) is 4.98 Å². The highest BCUT2D eigenvalue weighted by molar-refractivity contribution is 5.84. The van der Waals surface area contributed by atoms with Crippen LogP contribution in [0, 0.1) is 17.2 Å². The average molecular weight is 355 g/mol. The average Bonchev–Trinajstić information content (AvgIpc) is 3.06. The molecule has 1 aliphatic carbocycles. The van der Waals surface area contributed by atoms with Crippen LogP contribution < -0.4 is 5.32 Å². The van der Waals surface area contributed by atoms with E-state index in [2.05, 4.69) is 15.5 Å². The van der Waals surface area contributed by atoms with Gasteiger partial charge in [-0.3, -0.25) is 4.79 Å². The molecule has 0 saturated heterocycles. The van der Waals surface area contributed by atoms with Crippen molar-refractivity contribution in [3.63, 3.8) is 0 Å². The van der Waals surface area contributed by atoms with Gasteiger partial charge in [0, 0.05) is 5.92 Å². The van der Waals surface area contributed by atoms with Crippen molar-refractivity contribution < 1.29 is 18.1 Å². The standard InChI is InChI=1S/C19H18FN3O3/c1-19(2)15(11-5-7-12(20)8-6-11)16(19)17(24)21-10-14-22-18(26-23-14)13-4-3-9-25-13/h3-9,15-16H,10H2,1-2H3,(H,21,24). The van der Waals surface area contributed by atoms with Crippen molar-refractivity contribution in [1.29, 1.82) is 0 Å². The van der Waals surface area contributed by atoms with E-state index in [1.165, 1.54) is 18.4 Å². The molecule has 0 aliphatic heterocycles. The first-order chi connectivity index (χ1) is 12.5. The number of halogens is 1. The van der Waals surface area contributed by atoms with Gasteiger partial charge in [0.1, 0.15) is 5.82 Å². The lowest BCUT2D eigenvalue weighted by Crippen LogP contribution is -2.26. The van der Waals surface area contributed by atoms with Crippen LogP contribution in [0.15, 0.2) is 51.6 Å². The van der Waals surface area contributed by atoms with Crippen molar-refractivity contribution in [2.75, 3.05) is 0 Å². The fourth-order valence-corrected chi connectivity index (χ4v) is 3.52. The minimum Gasteiger partial charge on any atom is -0.459 e. The summed E-state index contributed by atoms with van der Waals surface area (Å²) in [5.74, 6) is 0.661. The van der Waals surface area contributed by atoms with E-state index in [-0.39, 0.29) is 41.4 Å². The molecule has 4 rings (SSSR count). The van der Waals surface area contributed by atoms with Crippen molar-refractivity contribution in [3.05, 3.63) is 59.9 Å². The summed E-state index contributed by atoms with van der Waals surface area (Å²) < 4.78 is 23.4. The second-order valence-electron chi connectivity index (χ2n) is 7.04. The van der Waals surface area contributed by atoms with Crippen molar-refractivity contribution in [3.8, 4) is 11.7 Å². The summed E-state index contributed by atoms with van der Waals surface area (Å²) >= 11 is 0. The molecule has 1 aromatic carbocycles. The molecule has 2 unspecified atom stereocenters. The number of aromatic nitrogens is 2. The predicted molar refractivity (Wildman–Crippen MR) is 90.3 cm³/mol. The van der Waals surface area contributed by atoms with Gasteiger partial charge in [0.15, 0.2) is 11.6 Å². The van der Waals surface area contributed by atoms with Gasteiger partial charge in [-0.05, 0) is 35.2 Å². The highest BCUT2D eigenvalue weighted by atomic mass is 19.1. The first kappa shape index (κ1) is 16.5. The van der Waals surface area contributed by atoms with E-state index in [1.54, 1.807) is 24.3 Å². The lowest BCUT2D eigenvalue weighted by atomic mass is 10.0. The largest absolute Gasteiger partial charge is 0.459 e. The maximum atomic E-state index is 13.1. The molecular formula is C19H18FN3O3. The molecule has 0 spiro atoms. The van der Waals surface area contributed by atoms with Crippen LogP contribution in [-0.2, 0) is 11.3 Å². The second-order valence-corrected chi connectivity index (χ2v) is 7.04. The van der Waals surface area contributed by atoms with Gasteiger partial charge in [-0.1, -0.05) is 31.1 Å². The van der Waals surface area contributed by atoms with Crippen molar-refractivity contribution in [2.24, 2.45) is 11.3 Å². The zero-order valence-electron chi connectivity index (χ0n) is 14.4. The summed E-state index contributed by atoms with van der Waals surface area (Å²) in [6.45, 7) is 4.25. The molecule has 3 aromatic rings. The molecule has 6 nitrogen and oxygen atoms in total. The Labute approximate surface area is 149 Å². The summed E-state index contributed by atoms with van der Waals surface area (Å²) in [6.07, 6.45) is 1.52. The number of amides is 1. The van der Waals surface area contributed by atoms with Gasteiger partial charge in [-0.25, -0.2) is 4.39 Å². The Morgan fingerprint density at radius 2 is 2.04 bits per heavy atom. The lowest BCUT2D eigenvalue weighted by Gasteiger charge is -2.03. The normalized spacial score (nSPS) is 20.7. The summed E-state index contributed by atoms with van der Waals surface area (Å²) in [6, 6.07) is 9.78. The molecule has 1 N–H and O–H groups in total. The third kappa shape index (κ3) is 2.89. The van der Waals surface area contributed by atoms with Crippen molar-refractivity contribution in [2.45, 2.75) is 26.3 Å². The first-order valence-corrected chi connectivity index (χ1v) is 8.36. The number of hydrogen-bond acceptors (Lipinski definition) is 5. The molecule has 0 bridgehead atoms. The number of nitrogens with one attached hydrogen (secondary N) is 1. The van der Waals surface area contributed by atoms with E-state index in [0.717, 1.165) is 5.56 Å². The van der Waals surface area contributed by atoms with Crippen molar-refractivity contribution in [1.82, 2.24) is 15.5 Å². The third-order valence-electron chi connectivity index (χ3n) is 4.96. The molecule has 2 heterocycles. The number of benzene rings is 1. The summed E-state index contributed by atoms with van der Waals surface area (Å²) in [7, 11) is 0. The Balaban J connectivity index is 1.40. The van der Waals surface area contributed by atoms with Gasteiger partial charge in [0.05, 0.1) is 18.7 Å². The van der Waals surface area contributed by atoms with Crippen LogP contribution in [0.2, 0.25) is 0 Å². The Kier molecular flexibility index (Phi) is 3.86. The van der Waals surface area contributed by atoms with Gasteiger partial charge >= 0.3 is 0 Å². The molecule has 1 fully saturated rings. The van der Waals surface area contributed by atoms with E-state index < -0.39 is 0 Å². The fraction of sp³-hybridized carbons (Fsp3) is 0.316. The number of carbonyl (C=O) groups excluding carboxylic acids is 1. The third-order valence-corrected chi connectivity index (χ3v) is 4.96. The van der Waals surface area contributed by atoms with Gasteiger partial charge in [0.25, 0.3) is 5.89 Å². The predicted octanol–water partition coefficient (Wildman–Crippen LogP) is 3.52. The van der Waals surface area contributed by atoms with Crippen molar-refractivity contribution >= 4 is 5.91 Å². The molecule has 2 atom stereocenters. The van der Waals surface area contributed by atoms with E-state index in [4.69, 9.17) is 8.94 Å². The molecule has 26 heavy (non-hydrogen) atoms. The number of furan rings is 1. The highest BCUT2D eigenvalue weighted by Crippen LogP contribution is 2.64. The molecular weight excluding hydrogens is 337 g/mol. The van der Waals surface area contributed by atoms with Crippen LogP contribution in [-0.4, -0.2) is 16.0 Å². The molecule has 2 aromatic heterocycles. The molecule has 1 saturated carbocycles. The van der Waals surface area contributed by atoms with E-state index in [0.29, 0.717) is 11.6 Å². The molecule has 1 amide bonds. The van der Waals surface area contributed by atoms with Crippen LogP contribution in [0.1, 0.15) is 31.2 Å². The van der Waals surface area contributed by atoms with E-state index in [9.17, 15) is 9.18 Å². The second kappa shape index (κ2) is 6.09. The summed E-state index contributed by atoms with van der Waals surface area (Å²) in [4.78, 5) is 16.8. The molecule has 134 valence electrons. The zero-order chi connectivity index (χ0) is 18.3. The summed E-state index contributed by atoms with van der Waals surface area (Å²) in [5.41, 5.74) is 0.787. The van der Waals surface area contributed by atoms with Crippen LogP contribution in [0.4, 0.5) is 4.39 Å². The van der Waals surface area contributed by atoms with Crippen LogP contribution in [0.5, 0.6) is 0 Å². The van der Waals surface area contributed by atoms with Gasteiger partial charge in [0.2, 0.25) is 5.91 Å². The maximum Gasteiger partial charge on any atom is 0.293 e. The molecule has 7 heteroatoms. The van der Waals surface area contributed by atoms with Crippen LogP contribution in [0.3, 0.4) is 0 Å². The molecule has 0 radical (unpaired) electrons. The smallest absolute Gasteiger partial charge is 0.293 e. The SMILES string of the molecule is CC1(C)C(C(=O)NCc2noc(-c3ccco3)n2)C1c1ccc(F)cc1. The Morgan fingerprint density at radius 3 is 2.73 bits per heavy atom. The topological polar surface area (TPSA) is 81.2 Å².